The molecule has 5 rings (SSSR count). The van der Waals surface area contributed by atoms with E-state index in [-0.39, 0.29) is 0 Å². The van der Waals surface area contributed by atoms with Crippen molar-refractivity contribution in [2.24, 2.45) is 0 Å². The number of fused-ring (bicyclic) bond motifs is 1. The van der Waals surface area contributed by atoms with Crippen molar-refractivity contribution >= 4 is 45.0 Å². The van der Waals surface area contributed by atoms with Crippen LogP contribution in [0, 0.1) is 0 Å². The Bertz CT molecular complexity index is 1120. The molecule has 8 nitrogen and oxygen atoms in total. The molecule has 1 aliphatic carbocycles. The van der Waals surface area contributed by atoms with Gasteiger partial charge in [0.05, 0.1) is 11.0 Å². The monoisotopic (exact) mass is 422 g/mol. The molecule has 1 saturated carbocycles. The second-order valence-corrected chi connectivity index (χ2v) is 8.73. The molecule has 0 unspecified atom stereocenters. The molecule has 0 spiro atoms. The van der Waals surface area contributed by atoms with E-state index >= 15 is 0 Å². The molecule has 0 saturated heterocycles. The van der Waals surface area contributed by atoms with E-state index < -0.39 is 6.09 Å². The summed E-state index contributed by atoms with van der Waals surface area (Å²) < 4.78 is 0. The lowest BCUT2D eigenvalue weighted by atomic mass is 10.0. The third-order valence-electron chi connectivity index (χ3n) is 5.77. The topological polar surface area (TPSA) is 104 Å². The van der Waals surface area contributed by atoms with Gasteiger partial charge in [0, 0.05) is 25.2 Å². The second-order valence-electron chi connectivity index (χ2n) is 7.72. The normalized spacial score (nSPS) is 17.3. The van der Waals surface area contributed by atoms with Crippen LogP contribution in [0.25, 0.3) is 16.6 Å². The van der Waals surface area contributed by atoms with Gasteiger partial charge in [0.15, 0.2) is 0 Å². The number of hydrogen-bond acceptors (Lipinski definition) is 7. The first-order valence-electron chi connectivity index (χ1n) is 10.2. The van der Waals surface area contributed by atoms with E-state index in [4.69, 9.17) is 10.1 Å². The summed E-state index contributed by atoms with van der Waals surface area (Å²) in [5.74, 6) is 1.26. The van der Waals surface area contributed by atoms with E-state index in [1.165, 1.54) is 30.6 Å². The predicted molar refractivity (Wildman–Crippen MR) is 116 cm³/mol. The molecule has 154 valence electrons. The lowest BCUT2D eigenvalue weighted by molar-refractivity contribution is 0.150. The van der Waals surface area contributed by atoms with Gasteiger partial charge in [0.1, 0.15) is 10.8 Å². The molecule has 2 aliphatic rings. The SMILES string of the molecule is O=C(O)N1CC=C(c2cnc3ccc(Nc4nnc(C5CCCC5)s4)nc3c2)CC1. The Kier molecular flexibility index (Phi) is 5.04. The van der Waals surface area contributed by atoms with Crippen molar-refractivity contribution in [3.8, 4) is 0 Å². The molecule has 0 atom stereocenters. The zero-order chi connectivity index (χ0) is 20.5. The Balaban J connectivity index is 1.35. The van der Waals surface area contributed by atoms with Gasteiger partial charge in [-0.1, -0.05) is 30.3 Å². The predicted octanol–water partition coefficient (Wildman–Crippen LogP) is 4.65. The maximum Gasteiger partial charge on any atom is 0.407 e. The third-order valence-corrected chi connectivity index (χ3v) is 6.77. The highest BCUT2D eigenvalue weighted by Gasteiger charge is 2.21. The highest BCUT2D eigenvalue weighted by molar-refractivity contribution is 7.15. The van der Waals surface area contributed by atoms with E-state index in [2.05, 4.69) is 20.5 Å². The van der Waals surface area contributed by atoms with Crippen LogP contribution in [0.15, 0.2) is 30.5 Å². The third kappa shape index (κ3) is 3.85. The molecule has 1 fully saturated rings. The number of nitrogens with one attached hydrogen (secondary N) is 1. The molecular formula is C21H22N6O2S. The molecule has 30 heavy (non-hydrogen) atoms. The van der Waals surface area contributed by atoms with Crippen molar-refractivity contribution in [2.75, 3.05) is 18.4 Å². The number of carbonyl (C=O) groups is 1. The van der Waals surface area contributed by atoms with Gasteiger partial charge >= 0.3 is 6.09 Å². The van der Waals surface area contributed by atoms with Gasteiger partial charge in [-0.05, 0) is 48.6 Å². The maximum atomic E-state index is 11.1. The van der Waals surface area contributed by atoms with Crippen LogP contribution in [-0.4, -0.2) is 49.4 Å². The fraction of sp³-hybridized carbons (Fsp3) is 0.381. The minimum Gasteiger partial charge on any atom is -0.465 e. The minimum atomic E-state index is -0.882. The van der Waals surface area contributed by atoms with Gasteiger partial charge in [0.2, 0.25) is 5.13 Å². The summed E-state index contributed by atoms with van der Waals surface area (Å²) in [7, 11) is 0. The van der Waals surface area contributed by atoms with Gasteiger partial charge in [-0.15, -0.1) is 10.2 Å². The summed E-state index contributed by atoms with van der Waals surface area (Å²) in [6.45, 7) is 0.896. The summed E-state index contributed by atoms with van der Waals surface area (Å²) in [6.07, 6.45) is 8.54. The first-order valence-corrected chi connectivity index (χ1v) is 11.0. The number of anilines is 2. The summed E-state index contributed by atoms with van der Waals surface area (Å²) in [5.41, 5.74) is 3.69. The summed E-state index contributed by atoms with van der Waals surface area (Å²) >= 11 is 1.61. The van der Waals surface area contributed by atoms with Gasteiger partial charge in [-0.25, -0.2) is 9.78 Å². The van der Waals surface area contributed by atoms with E-state index in [0.29, 0.717) is 31.2 Å². The minimum absolute atomic E-state index is 0.401. The highest BCUT2D eigenvalue weighted by atomic mass is 32.1. The van der Waals surface area contributed by atoms with Crippen LogP contribution in [0.4, 0.5) is 15.7 Å². The van der Waals surface area contributed by atoms with Crippen molar-refractivity contribution in [1.82, 2.24) is 25.1 Å². The van der Waals surface area contributed by atoms with Crippen LogP contribution < -0.4 is 5.32 Å². The fourth-order valence-electron chi connectivity index (χ4n) is 4.09. The largest absolute Gasteiger partial charge is 0.465 e. The summed E-state index contributed by atoms with van der Waals surface area (Å²) in [5, 5.41) is 22.9. The van der Waals surface area contributed by atoms with Crippen molar-refractivity contribution < 1.29 is 9.90 Å². The number of rotatable bonds is 4. The summed E-state index contributed by atoms with van der Waals surface area (Å²) in [6, 6.07) is 5.85. The van der Waals surface area contributed by atoms with Crippen molar-refractivity contribution in [2.45, 2.75) is 38.0 Å². The molecule has 2 N–H and O–H groups in total. The van der Waals surface area contributed by atoms with Gasteiger partial charge in [-0.2, -0.15) is 0 Å². The molecule has 0 bridgehead atoms. The van der Waals surface area contributed by atoms with E-state index in [0.717, 1.165) is 32.3 Å². The lowest BCUT2D eigenvalue weighted by Gasteiger charge is -2.23. The quantitative estimate of drug-likeness (QED) is 0.630. The number of hydrogen-bond donors (Lipinski definition) is 2. The Morgan fingerprint density at radius 2 is 2.07 bits per heavy atom. The van der Waals surface area contributed by atoms with Crippen LogP contribution >= 0.6 is 11.3 Å². The molecule has 1 amide bonds. The van der Waals surface area contributed by atoms with E-state index in [1.54, 1.807) is 11.3 Å². The highest BCUT2D eigenvalue weighted by Crippen LogP contribution is 2.37. The average molecular weight is 423 g/mol. The van der Waals surface area contributed by atoms with Gasteiger partial charge in [-0.3, -0.25) is 4.98 Å². The van der Waals surface area contributed by atoms with Gasteiger partial charge < -0.3 is 15.3 Å². The molecule has 4 heterocycles. The average Bonchev–Trinajstić information content (AvgIpc) is 3.45. The molecular weight excluding hydrogens is 400 g/mol. The Morgan fingerprint density at radius 1 is 1.20 bits per heavy atom. The number of pyridine rings is 2. The fourth-order valence-corrected chi connectivity index (χ4v) is 5.01. The molecule has 1 aliphatic heterocycles. The van der Waals surface area contributed by atoms with Crippen molar-refractivity contribution in [3.05, 3.63) is 41.0 Å². The molecule has 9 heteroatoms. The zero-order valence-electron chi connectivity index (χ0n) is 16.4. The second kappa shape index (κ2) is 7.98. The molecule has 3 aromatic rings. The zero-order valence-corrected chi connectivity index (χ0v) is 17.2. The van der Waals surface area contributed by atoms with Crippen LogP contribution in [0.2, 0.25) is 0 Å². The van der Waals surface area contributed by atoms with Crippen LogP contribution in [-0.2, 0) is 0 Å². The molecule has 3 aromatic heterocycles. The molecule has 0 radical (unpaired) electrons. The number of nitrogens with zero attached hydrogens (tertiary/aromatic N) is 5. The van der Waals surface area contributed by atoms with Crippen LogP contribution in [0.3, 0.4) is 0 Å². The Morgan fingerprint density at radius 3 is 2.83 bits per heavy atom. The number of aromatic nitrogens is 4. The number of amides is 1. The standard InChI is InChI=1S/C21H22N6O2S/c28-21(29)27-9-7-13(8-10-27)15-11-17-16(22-12-15)5-6-18(23-17)24-20-26-25-19(30-20)14-3-1-2-4-14/h5-7,11-12,14H,1-4,8-10H2,(H,28,29)(H,23,24,26). The van der Waals surface area contributed by atoms with Gasteiger partial charge in [0.25, 0.3) is 0 Å². The van der Waals surface area contributed by atoms with Crippen molar-refractivity contribution in [1.29, 1.82) is 0 Å². The molecule has 0 aromatic carbocycles. The lowest BCUT2D eigenvalue weighted by Crippen LogP contribution is -2.33. The first-order chi connectivity index (χ1) is 14.7. The maximum absolute atomic E-state index is 11.1. The van der Waals surface area contributed by atoms with Crippen LogP contribution in [0.1, 0.15) is 48.6 Å². The van der Waals surface area contributed by atoms with Crippen LogP contribution in [0.5, 0.6) is 0 Å². The van der Waals surface area contributed by atoms with E-state index in [1.807, 2.05) is 30.5 Å². The van der Waals surface area contributed by atoms with E-state index in [9.17, 15) is 4.79 Å². The van der Waals surface area contributed by atoms with Crippen molar-refractivity contribution in [3.63, 3.8) is 0 Å². The number of carboxylic acid groups (broad SMARTS) is 1. The summed E-state index contributed by atoms with van der Waals surface area (Å²) in [4.78, 5) is 21.7. The Labute approximate surface area is 177 Å². The smallest absolute Gasteiger partial charge is 0.407 e. The first kappa shape index (κ1) is 18.9. The Hall–Kier alpha value is -3.07.